The molecule has 0 atom stereocenters. The van der Waals surface area contributed by atoms with Crippen LogP contribution >= 0.6 is 0 Å². The number of carbonyl (C=O) groups excluding carboxylic acids is 1. The first kappa shape index (κ1) is 21.4. The Morgan fingerprint density at radius 1 is 0.933 bits per heavy atom. The summed E-state index contributed by atoms with van der Waals surface area (Å²) in [6.45, 7) is 3.40. The number of benzene rings is 3. The lowest BCUT2D eigenvalue weighted by Gasteiger charge is -2.26. The van der Waals surface area contributed by atoms with E-state index in [1.54, 1.807) is 42.5 Å². The normalized spacial score (nSPS) is 11.0. The van der Waals surface area contributed by atoms with Crippen LogP contribution in [0.25, 0.3) is 0 Å². The molecule has 0 saturated carbocycles. The lowest BCUT2D eigenvalue weighted by Crippen LogP contribution is -2.38. The van der Waals surface area contributed by atoms with Gasteiger partial charge < -0.3 is 10.1 Å². The summed E-state index contributed by atoms with van der Waals surface area (Å²) in [5, 5.41) is 2.76. The summed E-state index contributed by atoms with van der Waals surface area (Å²) in [5.41, 5.74) is 2.81. The number of anilines is 2. The number of amides is 1. The first-order valence-electron chi connectivity index (χ1n) is 9.40. The largest absolute Gasteiger partial charge is 0.495 e. The second-order valence-corrected chi connectivity index (χ2v) is 8.78. The monoisotopic (exact) mass is 424 g/mol. The highest BCUT2D eigenvalue weighted by Crippen LogP contribution is 2.33. The van der Waals surface area contributed by atoms with E-state index in [1.807, 2.05) is 32.0 Å². The van der Waals surface area contributed by atoms with Crippen molar-refractivity contribution < 1.29 is 17.9 Å². The molecule has 3 rings (SSSR count). The van der Waals surface area contributed by atoms with Crippen LogP contribution in [0.5, 0.6) is 5.75 Å². The number of ether oxygens (including phenoxy) is 1. The standard InChI is InChI=1S/C23H24N2O4S/c1-17-9-12-19(13-10-17)24-23(26)16-25(21-15-18(2)11-14-22(21)29-3)30(27,28)20-7-5-4-6-8-20/h4-15H,16H2,1-3H3,(H,24,26). The second-order valence-electron chi connectivity index (χ2n) is 6.91. The number of methoxy groups -OCH3 is 1. The first-order valence-corrected chi connectivity index (χ1v) is 10.8. The summed E-state index contributed by atoms with van der Waals surface area (Å²) < 4.78 is 33.3. The van der Waals surface area contributed by atoms with Crippen molar-refractivity contribution in [3.63, 3.8) is 0 Å². The molecule has 30 heavy (non-hydrogen) atoms. The van der Waals surface area contributed by atoms with Crippen LogP contribution < -0.4 is 14.4 Å². The van der Waals surface area contributed by atoms with E-state index in [9.17, 15) is 13.2 Å². The molecular formula is C23H24N2O4S. The minimum atomic E-state index is -4.01. The number of nitrogens with zero attached hydrogens (tertiary/aromatic N) is 1. The van der Waals surface area contributed by atoms with Crippen LogP contribution in [0.2, 0.25) is 0 Å². The van der Waals surface area contributed by atoms with Crippen molar-refractivity contribution in [2.24, 2.45) is 0 Å². The third kappa shape index (κ3) is 4.80. The average Bonchev–Trinajstić information content (AvgIpc) is 2.74. The van der Waals surface area contributed by atoms with Crippen molar-refractivity contribution in [2.75, 3.05) is 23.3 Å². The first-order chi connectivity index (χ1) is 14.3. The van der Waals surface area contributed by atoms with E-state index in [1.165, 1.54) is 19.2 Å². The molecule has 0 bridgehead atoms. The summed E-state index contributed by atoms with van der Waals surface area (Å²) in [6.07, 6.45) is 0. The van der Waals surface area contributed by atoms with Gasteiger partial charge in [0.05, 0.1) is 17.7 Å². The number of hydrogen-bond donors (Lipinski definition) is 1. The summed E-state index contributed by atoms with van der Waals surface area (Å²) in [6, 6.07) is 20.5. The second kappa shape index (κ2) is 9.00. The molecule has 1 N–H and O–H groups in total. The van der Waals surface area contributed by atoms with Crippen LogP contribution in [0.1, 0.15) is 11.1 Å². The molecule has 0 spiro atoms. The van der Waals surface area contributed by atoms with E-state index < -0.39 is 22.5 Å². The van der Waals surface area contributed by atoms with E-state index in [0.717, 1.165) is 15.4 Å². The van der Waals surface area contributed by atoms with E-state index in [2.05, 4.69) is 5.32 Å². The zero-order valence-electron chi connectivity index (χ0n) is 17.1. The van der Waals surface area contributed by atoms with Gasteiger partial charge in [-0.3, -0.25) is 9.10 Å². The number of carbonyl (C=O) groups is 1. The van der Waals surface area contributed by atoms with Crippen molar-refractivity contribution >= 4 is 27.3 Å². The summed E-state index contributed by atoms with van der Waals surface area (Å²) in [7, 11) is -2.54. The SMILES string of the molecule is COc1ccc(C)cc1N(CC(=O)Nc1ccc(C)cc1)S(=O)(=O)c1ccccc1. The van der Waals surface area contributed by atoms with Gasteiger partial charge in [0, 0.05) is 5.69 Å². The number of sulfonamides is 1. The Labute approximate surface area is 177 Å². The zero-order chi connectivity index (χ0) is 21.7. The Morgan fingerprint density at radius 3 is 2.20 bits per heavy atom. The Bertz CT molecular complexity index is 1130. The van der Waals surface area contributed by atoms with Gasteiger partial charge in [0.15, 0.2) is 0 Å². The molecule has 0 unspecified atom stereocenters. The maximum atomic E-state index is 13.4. The fraction of sp³-hybridized carbons (Fsp3) is 0.174. The van der Waals surface area contributed by atoms with Gasteiger partial charge in [-0.05, 0) is 55.8 Å². The number of rotatable bonds is 7. The molecular weight excluding hydrogens is 400 g/mol. The van der Waals surface area contributed by atoms with Crippen molar-refractivity contribution in [1.82, 2.24) is 0 Å². The van der Waals surface area contributed by atoms with Crippen molar-refractivity contribution in [3.8, 4) is 5.75 Å². The van der Waals surface area contributed by atoms with Gasteiger partial charge in [-0.15, -0.1) is 0 Å². The van der Waals surface area contributed by atoms with Crippen molar-refractivity contribution in [1.29, 1.82) is 0 Å². The van der Waals surface area contributed by atoms with Gasteiger partial charge in [-0.25, -0.2) is 8.42 Å². The van der Waals surface area contributed by atoms with E-state index in [0.29, 0.717) is 17.1 Å². The fourth-order valence-electron chi connectivity index (χ4n) is 2.98. The number of hydrogen-bond acceptors (Lipinski definition) is 4. The lowest BCUT2D eigenvalue weighted by atomic mass is 10.2. The summed E-state index contributed by atoms with van der Waals surface area (Å²) in [5.74, 6) is -0.0924. The van der Waals surface area contributed by atoms with Gasteiger partial charge in [-0.2, -0.15) is 0 Å². The summed E-state index contributed by atoms with van der Waals surface area (Å²) in [4.78, 5) is 12.9. The molecule has 3 aromatic rings. The van der Waals surface area contributed by atoms with Crippen LogP contribution in [0.15, 0.2) is 77.7 Å². The molecule has 0 aliphatic heterocycles. The molecule has 0 fully saturated rings. The third-order valence-corrected chi connectivity index (χ3v) is 6.33. The molecule has 0 aliphatic rings. The quantitative estimate of drug-likeness (QED) is 0.618. The molecule has 0 radical (unpaired) electrons. The van der Waals surface area contributed by atoms with Crippen LogP contribution in [-0.4, -0.2) is 28.0 Å². The van der Waals surface area contributed by atoms with Crippen LogP contribution in [0, 0.1) is 13.8 Å². The Hall–Kier alpha value is -3.32. The Balaban J connectivity index is 2.01. The molecule has 0 heterocycles. The smallest absolute Gasteiger partial charge is 0.264 e. The molecule has 3 aromatic carbocycles. The van der Waals surface area contributed by atoms with Gasteiger partial charge in [0.2, 0.25) is 5.91 Å². The van der Waals surface area contributed by atoms with E-state index in [4.69, 9.17) is 4.74 Å². The van der Waals surface area contributed by atoms with Gasteiger partial charge in [0.1, 0.15) is 12.3 Å². The molecule has 0 aromatic heterocycles. The molecule has 7 heteroatoms. The Kier molecular flexibility index (Phi) is 6.42. The fourth-order valence-corrected chi connectivity index (χ4v) is 4.43. The lowest BCUT2D eigenvalue weighted by molar-refractivity contribution is -0.114. The minimum absolute atomic E-state index is 0.0942. The van der Waals surface area contributed by atoms with E-state index in [-0.39, 0.29) is 4.90 Å². The van der Waals surface area contributed by atoms with Gasteiger partial charge >= 0.3 is 0 Å². The topological polar surface area (TPSA) is 75.7 Å². The maximum Gasteiger partial charge on any atom is 0.264 e. The van der Waals surface area contributed by atoms with Crippen LogP contribution in [0.3, 0.4) is 0 Å². The number of aryl methyl sites for hydroxylation is 2. The highest BCUT2D eigenvalue weighted by atomic mass is 32.2. The summed E-state index contributed by atoms with van der Waals surface area (Å²) >= 11 is 0. The zero-order valence-corrected chi connectivity index (χ0v) is 17.9. The van der Waals surface area contributed by atoms with E-state index >= 15 is 0 Å². The molecule has 6 nitrogen and oxygen atoms in total. The third-order valence-electron chi connectivity index (χ3n) is 4.56. The Morgan fingerprint density at radius 2 is 1.57 bits per heavy atom. The van der Waals surface area contributed by atoms with Gasteiger partial charge in [-0.1, -0.05) is 42.0 Å². The molecule has 0 saturated heterocycles. The number of nitrogens with one attached hydrogen (secondary N) is 1. The molecule has 0 aliphatic carbocycles. The predicted molar refractivity (Wildman–Crippen MR) is 119 cm³/mol. The van der Waals surface area contributed by atoms with Crippen molar-refractivity contribution in [2.45, 2.75) is 18.7 Å². The predicted octanol–water partition coefficient (Wildman–Crippen LogP) is 4.15. The maximum absolute atomic E-state index is 13.4. The molecule has 1 amide bonds. The highest BCUT2D eigenvalue weighted by Gasteiger charge is 2.29. The minimum Gasteiger partial charge on any atom is -0.495 e. The van der Waals surface area contributed by atoms with Crippen LogP contribution in [0.4, 0.5) is 11.4 Å². The van der Waals surface area contributed by atoms with Crippen molar-refractivity contribution in [3.05, 3.63) is 83.9 Å². The molecule has 156 valence electrons. The van der Waals surface area contributed by atoms with Gasteiger partial charge in [0.25, 0.3) is 10.0 Å². The van der Waals surface area contributed by atoms with Crippen LogP contribution in [-0.2, 0) is 14.8 Å². The average molecular weight is 425 g/mol. The highest BCUT2D eigenvalue weighted by molar-refractivity contribution is 7.92.